The summed E-state index contributed by atoms with van der Waals surface area (Å²) in [7, 11) is 1.59. The summed E-state index contributed by atoms with van der Waals surface area (Å²) in [4.78, 5) is 9.54. The van der Waals surface area contributed by atoms with Gasteiger partial charge in [-0.1, -0.05) is 25.1 Å². The molecule has 0 aliphatic heterocycles. The highest BCUT2D eigenvalue weighted by molar-refractivity contribution is 14.0. The zero-order valence-electron chi connectivity index (χ0n) is 14.3. The molecule has 0 fully saturated rings. The Bertz CT molecular complexity index is 722. The van der Waals surface area contributed by atoms with Crippen LogP contribution in [0.3, 0.4) is 0 Å². The first-order valence-corrected chi connectivity index (χ1v) is 8.44. The third-order valence-electron chi connectivity index (χ3n) is 3.23. The summed E-state index contributed by atoms with van der Waals surface area (Å²) >= 11 is 1.61. The molecule has 1 aromatic heterocycles. The molecule has 5 nitrogen and oxygen atoms in total. The lowest BCUT2D eigenvalue weighted by molar-refractivity contribution is -0.274. The molecule has 1 heterocycles. The lowest BCUT2D eigenvalue weighted by Crippen LogP contribution is -2.36. The number of alkyl halides is 3. The van der Waals surface area contributed by atoms with Gasteiger partial charge in [0.1, 0.15) is 10.8 Å². The third kappa shape index (κ3) is 7.36. The van der Waals surface area contributed by atoms with Crippen LogP contribution < -0.4 is 15.4 Å². The number of nitrogens with one attached hydrogen (secondary N) is 2. The van der Waals surface area contributed by atoms with Gasteiger partial charge in [-0.3, -0.25) is 4.99 Å². The highest BCUT2D eigenvalue weighted by Gasteiger charge is 2.31. The Labute approximate surface area is 171 Å². The molecule has 2 aromatic rings. The molecule has 0 bridgehead atoms. The summed E-state index contributed by atoms with van der Waals surface area (Å²) in [5, 5.41) is 6.97. The van der Waals surface area contributed by atoms with Gasteiger partial charge in [0.25, 0.3) is 0 Å². The molecule has 26 heavy (non-hydrogen) atoms. The van der Waals surface area contributed by atoms with E-state index in [9.17, 15) is 13.2 Å². The molecule has 0 saturated heterocycles. The zero-order chi connectivity index (χ0) is 18.3. The number of benzene rings is 1. The van der Waals surface area contributed by atoms with Gasteiger partial charge in [-0.05, 0) is 12.5 Å². The second-order valence-corrected chi connectivity index (χ2v) is 6.21. The van der Waals surface area contributed by atoms with Gasteiger partial charge in [0, 0.05) is 30.2 Å². The Morgan fingerprint density at radius 1 is 1.23 bits per heavy atom. The average molecular weight is 500 g/mol. The van der Waals surface area contributed by atoms with Gasteiger partial charge < -0.3 is 15.4 Å². The molecular weight excluding hydrogens is 480 g/mol. The first-order chi connectivity index (χ1) is 11.9. The van der Waals surface area contributed by atoms with E-state index in [0.717, 1.165) is 11.4 Å². The number of halogens is 4. The van der Waals surface area contributed by atoms with Crippen LogP contribution in [-0.2, 0) is 19.5 Å². The number of para-hydroxylation sites is 1. The van der Waals surface area contributed by atoms with Crippen molar-refractivity contribution in [3.05, 3.63) is 45.9 Å². The van der Waals surface area contributed by atoms with Crippen LogP contribution in [0.4, 0.5) is 13.2 Å². The van der Waals surface area contributed by atoms with E-state index < -0.39 is 6.36 Å². The molecule has 0 amide bonds. The highest BCUT2D eigenvalue weighted by Crippen LogP contribution is 2.26. The van der Waals surface area contributed by atoms with Gasteiger partial charge in [0.2, 0.25) is 0 Å². The fourth-order valence-electron chi connectivity index (χ4n) is 2.03. The van der Waals surface area contributed by atoms with Crippen molar-refractivity contribution in [1.82, 2.24) is 15.6 Å². The van der Waals surface area contributed by atoms with Crippen molar-refractivity contribution in [2.45, 2.75) is 32.8 Å². The van der Waals surface area contributed by atoms with E-state index in [4.69, 9.17) is 0 Å². The molecule has 0 spiro atoms. The van der Waals surface area contributed by atoms with Crippen molar-refractivity contribution in [3.8, 4) is 5.75 Å². The summed E-state index contributed by atoms with van der Waals surface area (Å²) in [6.45, 7) is 2.70. The van der Waals surface area contributed by atoms with E-state index in [0.29, 0.717) is 18.1 Å². The van der Waals surface area contributed by atoms with Gasteiger partial charge >= 0.3 is 6.36 Å². The summed E-state index contributed by atoms with van der Waals surface area (Å²) in [5.74, 6) is 0.237. The Kier molecular flexibility index (Phi) is 9.13. The number of ether oxygens (including phenoxy) is 1. The van der Waals surface area contributed by atoms with E-state index >= 15 is 0 Å². The fourth-order valence-corrected chi connectivity index (χ4v) is 2.83. The van der Waals surface area contributed by atoms with Gasteiger partial charge in [-0.25, -0.2) is 4.98 Å². The van der Waals surface area contributed by atoms with E-state index in [2.05, 4.69) is 32.3 Å². The number of aryl methyl sites for hydroxylation is 1. The lowest BCUT2D eigenvalue weighted by atomic mass is 10.2. The van der Waals surface area contributed by atoms with Gasteiger partial charge in [-0.2, -0.15) is 0 Å². The van der Waals surface area contributed by atoms with Gasteiger partial charge in [-0.15, -0.1) is 48.5 Å². The Balaban J connectivity index is 0.00000338. The molecule has 0 radical (unpaired) electrons. The SMILES string of the molecule is CCc1cnc(CNC(=NC)NCc2ccccc2OC(F)(F)F)s1.I. The zero-order valence-corrected chi connectivity index (χ0v) is 17.4. The second kappa shape index (κ2) is 10.6. The van der Waals surface area contributed by atoms with Crippen LogP contribution in [0.25, 0.3) is 0 Å². The lowest BCUT2D eigenvalue weighted by Gasteiger charge is -2.15. The Hall–Kier alpha value is -1.56. The van der Waals surface area contributed by atoms with Crippen molar-refractivity contribution in [1.29, 1.82) is 0 Å². The number of nitrogens with zero attached hydrogens (tertiary/aromatic N) is 2. The summed E-state index contributed by atoms with van der Waals surface area (Å²) < 4.78 is 41.4. The minimum absolute atomic E-state index is 0. The quantitative estimate of drug-likeness (QED) is 0.357. The standard InChI is InChI=1S/C16H19F3N4OS.HI/c1-3-12-9-21-14(25-12)10-23-15(20-2)22-8-11-6-4-5-7-13(11)24-16(17,18)19;/h4-7,9H,3,8,10H2,1-2H3,(H2,20,22,23);1H. The van der Waals surface area contributed by atoms with Crippen molar-refractivity contribution in [3.63, 3.8) is 0 Å². The van der Waals surface area contributed by atoms with Crippen LogP contribution in [0.15, 0.2) is 35.5 Å². The van der Waals surface area contributed by atoms with E-state index in [1.54, 1.807) is 30.5 Å². The number of hydrogen-bond donors (Lipinski definition) is 2. The molecule has 2 N–H and O–H groups in total. The number of rotatable bonds is 6. The van der Waals surface area contributed by atoms with Crippen molar-refractivity contribution in [2.75, 3.05) is 7.05 Å². The predicted octanol–water partition coefficient (Wildman–Crippen LogP) is 4.09. The van der Waals surface area contributed by atoms with E-state index in [1.807, 2.05) is 6.20 Å². The topological polar surface area (TPSA) is 58.5 Å². The Morgan fingerprint density at radius 2 is 1.92 bits per heavy atom. The summed E-state index contributed by atoms with van der Waals surface area (Å²) in [6, 6.07) is 5.99. The normalized spacial score (nSPS) is 11.7. The molecule has 2 rings (SSSR count). The van der Waals surface area contributed by atoms with E-state index in [-0.39, 0.29) is 36.3 Å². The fraction of sp³-hybridized carbons (Fsp3) is 0.375. The number of aliphatic imine (C=N–C) groups is 1. The molecule has 0 saturated carbocycles. The van der Waals surface area contributed by atoms with Crippen LogP contribution in [0.5, 0.6) is 5.75 Å². The molecule has 0 unspecified atom stereocenters. The molecule has 144 valence electrons. The molecule has 10 heteroatoms. The number of aromatic nitrogens is 1. The molecule has 0 aliphatic carbocycles. The average Bonchev–Trinajstić information content (AvgIpc) is 3.03. The molecule has 1 aromatic carbocycles. The molecule has 0 aliphatic rings. The monoisotopic (exact) mass is 500 g/mol. The summed E-state index contributed by atoms with van der Waals surface area (Å²) in [6.07, 6.45) is -1.96. The summed E-state index contributed by atoms with van der Waals surface area (Å²) in [5.41, 5.74) is 0.380. The van der Waals surface area contributed by atoms with Crippen LogP contribution >= 0.6 is 35.3 Å². The van der Waals surface area contributed by atoms with Gasteiger partial charge in [0.05, 0.1) is 6.54 Å². The van der Waals surface area contributed by atoms with Crippen LogP contribution in [0, 0.1) is 0 Å². The maximum atomic E-state index is 12.4. The molecular formula is C16H20F3IN4OS. The van der Waals surface area contributed by atoms with Crippen molar-refractivity contribution < 1.29 is 17.9 Å². The second-order valence-electron chi connectivity index (χ2n) is 5.01. The van der Waals surface area contributed by atoms with Crippen LogP contribution in [0.1, 0.15) is 22.4 Å². The third-order valence-corrected chi connectivity index (χ3v) is 4.37. The predicted molar refractivity (Wildman–Crippen MR) is 107 cm³/mol. The smallest absolute Gasteiger partial charge is 0.405 e. The largest absolute Gasteiger partial charge is 0.573 e. The van der Waals surface area contributed by atoms with Crippen LogP contribution in [-0.4, -0.2) is 24.4 Å². The van der Waals surface area contributed by atoms with Crippen molar-refractivity contribution in [2.24, 2.45) is 4.99 Å². The maximum Gasteiger partial charge on any atom is 0.573 e. The maximum absolute atomic E-state index is 12.4. The minimum Gasteiger partial charge on any atom is -0.405 e. The first kappa shape index (κ1) is 22.5. The van der Waals surface area contributed by atoms with Gasteiger partial charge in [0.15, 0.2) is 5.96 Å². The number of thiazole rings is 1. The number of guanidine groups is 1. The first-order valence-electron chi connectivity index (χ1n) is 7.63. The minimum atomic E-state index is -4.72. The highest BCUT2D eigenvalue weighted by atomic mass is 127. The van der Waals surface area contributed by atoms with Crippen molar-refractivity contribution >= 4 is 41.3 Å². The Morgan fingerprint density at radius 3 is 2.54 bits per heavy atom. The number of hydrogen-bond acceptors (Lipinski definition) is 4. The van der Waals surface area contributed by atoms with E-state index in [1.165, 1.54) is 17.0 Å². The van der Waals surface area contributed by atoms with Crippen LogP contribution in [0.2, 0.25) is 0 Å². The molecule has 0 atom stereocenters.